The van der Waals surface area contributed by atoms with E-state index in [0.717, 1.165) is 31.6 Å². The number of hydrogen-bond acceptors (Lipinski definition) is 3. The Kier molecular flexibility index (Phi) is 6.55. The standard InChI is InChI=1S/C19H26BrN3O2S/c1-22-12-8-10-17(22)18(23-13-6-2-3-7-14-23)15-21-26(24,25)19-11-5-4-9-16(19)20/h4-5,8-12,18,21H,2-3,6-7,13-15H2,1H3. The largest absolute Gasteiger partial charge is 0.353 e. The molecule has 0 radical (unpaired) electrons. The van der Waals surface area contributed by atoms with Gasteiger partial charge in [-0.25, -0.2) is 13.1 Å². The molecule has 1 unspecified atom stereocenters. The van der Waals surface area contributed by atoms with Gasteiger partial charge in [0.1, 0.15) is 0 Å². The highest BCUT2D eigenvalue weighted by atomic mass is 79.9. The zero-order valence-corrected chi connectivity index (χ0v) is 17.5. The molecule has 5 nitrogen and oxygen atoms in total. The Hall–Kier alpha value is -1.15. The summed E-state index contributed by atoms with van der Waals surface area (Å²) in [7, 11) is -1.55. The molecule has 1 aliphatic heterocycles. The molecular weight excluding hydrogens is 414 g/mol. The van der Waals surface area contributed by atoms with Crippen molar-refractivity contribution in [2.24, 2.45) is 7.05 Å². The fraction of sp³-hybridized carbons (Fsp3) is 0.474. The molecule has 0 bridgehead atoms. The van der Waals surface area contributed by atoms with Crippen LogP contribution in [0.2, 0.25) is 0 Å². The zero-order valence-electron chi connectivity index (χ0n) is 15.1. The third kappa shape index (κ3) is 4.57. The number of aromatic nitrogens is 1. The first kappa shape index (κ1) is 19.6. The molecule has 1 atom stereocenters. The van der Waals surface area contributed by atoms with Crippen LogP contribution in [0.1, 0.15) is 37.4 Å². The van der Waals surface area contributed by atoms with E-state index < -0.39 is 10.0 Å². The summed E-state index contributed by atoms with van der Waals surface area (Å²) < 4.78 is 31.1. The lowest BCUT2D eigenvalue weighted by molar-refractivity contribution is 0.199. The van der Waals surface area contributed by atoms with Crippen LogP contribution in [0.25, 0.3) is 0 Å². The molecule has 2 aromatic rings. The van der Waals surface area contributed by atoms with E-state index in [9.17, 15) is 8.42 Å². The quantitative estimate of drug-likeness (QED) is 0.746. The number of likely N-dealkylation sites (tertiary alicyclic amines) is 1. The normalized spacial score (nSPS) is 17.8. The van der Waals surface area contributed by atoms with Crippen molar-refractivity contribution in [3.05, 3.63) is 52.8 Å². The molecule has 1 aromatic heterocycles. The number of nitrogens with zero attached hydrogens (tertiary/aromatic N) is 2. The highest BCUT2D eigenvalue weighted by Gasteiger charge is 2.26. The van der Waals surface area contributed by atoms with E-state index in [1.807, 2.05) is 25.4 Å². The van der Waals surface area contributed by atoms with Crippen LogP contribution in [0.3, 0.4) is 0 Å². The van der Waals surface area contributed by atoms with Gasteiger partial charge in [-0.3, -0.25) is 4.90 Å². The van der Waals surface area contributed by atoms with Crippen molar-refractivity contribution in [1.82, 2.24) is 14.2 Å². The highest BCUT2D eigenvalue weighted by molar-refractivity contribution is 9.10. The van der Waals surface area contributed by atoms with Crippen LogP contribution >= 0.6 is 15.9 Å². The van der Waals surface area contributed by atoms with Gasteiger partial charge in [-0.2, -0.15) is 0 Å². The van der Waals surface area contributed by atoms with Crippen LogP contribution in [0.5, 0.6) is 0 Å². The highest BCUT2D eigenvalue weighted by Crippen LogP contribution is 2.26. The summed E-state index contributed by atoms with van der Waals surface area (Å²) in [5, 5.41) is 0. The molecule has 142 valence electrons. The average molecular weight is 440 g/mol. The van der Waals surface area contributed by atoms with Crippen molar-refractivity contribution in [1.29, 1.82) is 0 Å². The summed E-state index contributed by atoms with van der Waals surface area (Å²) in [5.74, 6) is 0. The molecule has 0 spiro atoms. The van der Waals surface area contributed by atoms with Crippen molar-refractivity contribution >= 4 is 26.0 Å². The average Bonchev–Trinajstić information content (AvgIpc) is 2.86. The summed E-state index contributed by atoms with van der Waals surface area (Å²) in [5.41, 5.74) is 1.14. The number of halogens is 1. The van der Waals surface area contributed by atoms with E-state index in [4.69, 9.17) is 0 Å². The molecule has 1 aliphatic rings. The number of sulfonamides is 1. The third-order valence-electron chi connectivity index (χ3n) is 5.00. The van der Waals surface area contributed by atoms with Crippen LogP contribution < -0.4 is 4.72 Å². The molecule has 1 N–H and O–H groups in total. The van der Waals surface area contributed by atoms with Crippen LogP contribution in [0.15, 0.2) is 52.0 Å². The Bertz CT molecular complexity index is 827. The lowest BCUT2D eigenvalue weighted by atomic mass is 10.1. The van der Waals surface area contributed by atoms with Gasteiger partial charge in [0.05, 0.1) is 10.9 Å². The van der Waals surface area contributed by atoms with Crippen molar-refractivity contribution in [3.63, 3.8) is 0 Å². The number of hydrogen-bond donors (Lipinski definition) is 1. The van der Waals surface area contributed by atoms with E-state index in [0.29, 0.717) is 11.0 Å². The van der Waals surface area contributed by atoms with Gasteiger partial charge in [-0.05, 0) is 66.1 Å². The molecule has 1 fully saturated rings. The van der Waals surface area contributed by atoms with Crippen molar-refractivity contribution in [3.8, 4) is 0 Å². The molecule has 1 aromatic carbocycles. The summed E-state index contributed by atoms with van der Waals surface area (Å²) in [4.78, 5) is 2.70. The molecular formula is C19H26BrN3O2S. The summed E-state index contributed by atoms with van der Waals surface area (Å²) in [6, 6.07) is 11.1. The fourth-order valence-electron chi connectivity index (χ4n) is 3.58. The van der Waals surface area contributed by atoms with E-state index in [2.05, 4.69) is 36.2 Å². The monoisotopic (exact) mass is 439 g/mol. The first-order chi connectivity index (χ1) is 12.5. The topological polar surface area (TPSA) is 54.3 Å². The molecule has 0 saturated carbocycles. The maximum Gasteiger partial charge on any atom is 0.241 e. The SMILES string of the molecule is Cn1cccc1C(CNS(=O)(=O)c1ccccc1Br)N1CCCCCC1. The maximum absolute atomic E-state index is 12.8. The lowest BCUT2D eigenvalue weighted by Gasteiger charge is -2.31. The molecule has 1 saturated heterocycles. The Morgan fingerprint density at radius 1 is 1.08 bits per heavy atom. The van der Waals surface area contributed by atoms with Gasteiger partial charge in [-0.1, -0.05) is 25.0 Å². The molecule has 2 heterocycles. The minimum atomic E-state index is -3.57. The Morgan fingerprint density at radius 2 is 1.77 bits per heavy atom. The molecule has 0 aliphatic carbocycles. The minimum absolute atomic E-state index is 0.0327. The second kappa shape index (κ2) is 8.69. The third-order valence-corrected chi connectivity index (χ3v) is 7.44. The fourth-order valence-corrected chi connectivity index (χ4v) is 5.62. The Labute approximate surface area is 164 Å². The lowest BCUT2D eigenvalue weighted by Crippen LogP contribution is -2.39. The van der Waals surface area contributed by atoms with E-state index in [1.54, 1.807) is 18.2 Å². The van der Waals surface area contributed by atoms with Crippen LogP contribution in [0, 0.1) is 0 Å². The van der Waals surface area contributed by atoms with Gasteiger partial charge in [-0.15, -0.1) is 0 Å². The predicted octanol–water partition coefficient (Wildman–Crippen LogP) is 3.68. The van der Waals surface area contributed by atoms with E-state index >= 15 is 0 Å². The van der Waals surface area contributed by atoms with Crippen molar-refractivity contribution in [2.45, 2.75) is 36.6 Å². The summed E-state index contributed by atoms with van der Waals surface area (Å²) in [6.45, 7) is 2.38. The zero-order chi connectivity index (χ0) is 18.6. The second-order valence-electron chi connectivity index (χ2n) is 6.79. The minimum Gasteiger partial charge on any atom is -0.353 e. The predicted molar refractivity (Wildman–Crippen MR) is 108 cm³/mol. The van der Waals surface area contributed by atoms with Gasteiger partial charge in [0.15, 0.2) is 0 Å². The maximum atomic E-state index is 12.8. The number of benzene rings is 1. The smallest absolute Gasteiger partial charge is 0.241 e. The summed E-state index contributed by atoms with van der Waals surface area (Å²) >= 11 is 3.34. The van der Waals surface area contributed by atoms with Gasteiger partial charge in [0, 0.05) is 30.0 Å². The first-order valence-corrected chi connectivity index (χ1v) is 11.4. The summed E-state index contributed by atoms with van der Waals surface area (Å²) in [6.07, 6.45) is 6.84. The number of nitrogens with one attached hydrogen (secondary N) is 1. The Morgan fingerprint density at radius 3 is 2.38 bits per heavy atom. The van der Waals surface area contributed by atoms with Gasteiger partial charge in [0.25, 0.3) is 0 Å². The molecule has 0 amide bonds. The van der Waals surface area contributed by atoms with Gasteiger partial charge >= 0.3 is 0 Å². The van der Waals surface area contributed by atoms with E-state index in [1.165, 1.54) is 12.8 Å². The second-order valence-corrected chi connectivity index (χ2v) is 9.38. The molecule has 7 heteroatoms. The molecule has 26 heavy (non-hydrogen) atoms. The van der Waals surface area contributed by atoms with Gasteiger partial charge in [0.2, 0.25) is 10.0 Å². The van der Waals surface area contributed by atoms with Gasteiger partial charge < -0.3 is 4.57 Å². The van der Waals surface area contributed by atoms with Crippen LogP contribution in [-0.4, -0.2) is 37.5 Å². The number of rotatable bonds is 6. The van der Waals surface area contributed by atoms with E-state index in [-0.39, 0.29) is 10.9 Å². The van der Waals surface area contributed by atoms with Crippen molar-refractivity contribution < 1.29 is 8.42 Å². The number of aryl methyl sites for hydroxylation is 1. The van der Waals surface area contributed by atoms with Crippen molar-refractivity contribution in [2.75, 3.05) is 19.6 Å². The van der Waals surface area contributed by atoms with Crippen LogP contribution in [0.4, 0.5) is 0 Å². The molecule has 3 rings (SSSR count). The Balaban J connectivity index is 1.82. The first-order valence-electron chi connectivity index (χ1n) is 9.08. The van der Waals surface area contributed by atoms with Crippen LogP contribution in [-0.2, 0) is 17.1 Å².